The Morgan fingerprint density at radius 2 is 2.07 bits per heavy atom. The highest BCUT2D eigenvalue weighted by Crippen LogP contribution is 2.27. The van der Waals surface area contributed by atoms with Gasteiger partial charge in [0.2, 0.25) is 15.9 Å². The number of nitrogens with one attached hydrogen (secondary N) is 2. The standard InChI is InChI=1S/C16H15ClN4O4S2/c1-25-13-6-5-10(9-11(13)17)19-15(22)7-8-18-27(23,24)14-4-2-3-12-16(14)21-26-20-12/h2-6,9,18H,7-8H2,1H3,(H,19,22). The predicted molar refractivity (Wildman–Crippen MR) is 104 cm³/mol. The summed E-state index contributed by atoms with van der Waals surface area (Å²) in [6.07, 6.45) is -0.0475. The monoisotopic (exact) mass is 426 g/mol. The van der Waals surface area contributed by atoms with Gasteiger partial charge in [-0.05, 0) is 30.3 Å². The molecule has 1 amide bonds. The summed E-state index contributed by atoms with van der Waals surface area (Å²) in [7, 11) is -2.31. The largest absolute Gasteiger partial charge is 0.495 e. The highest BCUT2D eigenvalue weighted by atomic mass is 35.5. The van der Waals surface area contributed by atoms with E-state index in [2.05, 4.69) is 18.8 Å². The quantitative estimate of drug-likeness (QED) is 0.601. The number of anilines is 1. The van der Waals surface area contributed by atoms with E-state index in [1.54, 1.807) is 30.3 Å². The average Bonchev–Trinajstić information content (AvgIpc) is 3.10. The summed E-state index contributed by atoms with van der Waals surface area (Å²) in [4.78, 5) is 12.1. The molecule has 142 valence electrons. The third-order valence-electron chi connectivity index (χ3n) is 3.62. The first-order valence-electron chi connectivity index (χ1n) is 7.75. The summed E-state index contributed by atoms with van der Waals surface area (Å²) in [5.41, 5.74) is 1.32. The van der Waals surface area contributed by atoms with Crippen LogP contribution in [0.4, 0.5) is 5.69 Å². The van der Waals surface area contributed by atoms with Crippen molar-refractivity contribution >= 4 is 56.0 Å². The molecule has 2 N–H and O–H groups in total. The summed E-state index contributed by atoms with van der Waals surface area (Å²) in [5, 5.41) is 3.01. The first-order valence-corrected chi connectivity index (χ1v) is 10.3. The molecule has 0 saturated carbocycles. The van der Waals surface area contributed by atoms with Gasteiger partial charge >= 0.3 is 0 Å². The number of carbonyl (C=O) groups is 1. The van der Waals surface area contributed by atoms with Crippen LogP contribution in [0, 0.1) is 0 Å². The maximum absolute atomic E-state index is 12.5. The molecule has 0 radical (unpaired) electrons. The van der Waals surface area contributed by atoms with Crippen molar-refractivity contribution < 1.29 is 17.9 Å². The Kier molecular flexibility index (Phi) is 5.90. The molecule has 1 heterocycles. The molecule has 0 bridgehead atoms. The van der Waals surface area contributed by atoms with Crippen LogP contribution >= 0.6 is 23.3 Å². The van der Waals surface area contributed by atoms with Gasteiger partial charge in [-0.2, -0.15) is 8.75 Å². The Morgan fingerprint density at radius 3 is 2.81 bits per heavy atom. The van der Waals surface area contributed by atoms with Crippen LogP contribution in [0.1, 0.15) is 6.42 Å². The molecular weight excluding hydrogens is 412 g/mol. The fourth-order valence-electron chi connectivity index (χ4n) is 2.34. The zero-order valence-electron chi connectivity index (χ0n) is 14.1. The molecule has 3 rings (SSSR count). The smallest absolute Gasteiger partial charge is 0.242 e. The van der Waals surface area contributed by atoms with E-state index >= 15 is 0 Å². The molecule has 8 nitrogen and oxygen atoms in total. The summed E-state index contributed by atoms with van der Waals surface area (Å²) < 4.78 is 40.4. The summed E-state index contributed by atoms with van der Waals surface area (Å²) >= 11 is 6.95. The van der Waals surface area contributed by atoms with Gasteiger partial charge in [-0.15, -0.1) is 0 Å². The van der Waals surface area contributed by atoms with Crippen LogP contribution in [0.25, 0.3) is 11.0 Å². The Morgan fingerprint density at radius 1 is 1.26 bits per heavy atom. The molecule has 0 aliphatic rings. The van der Waals surface area contributed by atoms with Crippen LogP contribution in [-0.4, -0.2) is 36.7 Å². The van der Waals surface area contributed by atoms with Gasteiger partial charge in [0.1, 0.15) is 21.7 Å². The number of nitrogens with zero attached hydrogens (tertiary/aromatic N) is 2. The van der Waals surface area contributed by atoms with E-state index in [9.17, 15) is 13.2 Å². The van der Waals surface area contributed by atoms with Gasteiger partial charge in [0.05, 0.1) is 23.9 Å². The predicted octanol–water partition coefficient (Wildman–Crippen LogP) is 2.66. The Labute approximate surface area is 164 Å². The van der Waals surface area contributed by atoms with E-state index < -0.39 is 10.0 Å². The van der Waals surface area contributed by atoms with Gasteiger partial charge < -0.3 is 10.1 Å². The molecule has 0 saturated heterocycles. The molecule has 11 heteroatoms. The van der Waals surface area contributed by atoms with E-state index in [4.69, 9.17) is 16.3 Å². The molecule has 0 fully saturated rings. The van der Waals surface area contributed by atoms with Crippen molar-refractivity contribution in [2.45, 2.75) is 11.3 Å². The van der Waals surface area contributed by atoms with Crippen molar-refractivity contribution in [3.05, 3.63) is 41.4 Å². The number of amides is 1. The van der Waals surface area contributed by atoms with Crippen molar-refractivity contribution in [1.82, 2.24) is 13.5 Å². The molecule has 1 aromatic heterocycles. The van der Waals surface area contributed by atoms with E-state index in [0.717, 1.165) is 11.7 Å². The lowest BCUT2D eigenvalue weighted by atomic mass is 10.3. The number of hydrogen-bond donors (Lipinski definition) is 2. The van der Waals surface area contributed by atoms with Crippen molar-refractivity contribution in [1.29, 1.82) is 0 Å². The van der Waals surface area contributed by atoms with E-state index in [1.165, 1.54) is 13.2 Å². The maximum Gasteiger partial charge on any atom is 0.242 e. The third-order valence-corrected chi connectivity index (χ3v) is 5.95. The van der Waals surface area contributed by atoms with Gasteiger partial charge in [0.25, 0.3) is 0 Å². The van der Waals surface area contributed by atoms with Gasteiger partial charge in [-0.3, -0.25) is 4.79 Å². The van der Waals surface area contributed by atoms with Crippen LogP contribution in [-0.2, 0) is 14.8 Å². The highest BCUT2D eigenvalue weighted by Gasteiger charge is 2.19. The lowest BCUT2D eigenvalue weighted by Gasteiger charge is -2.09. The van der Waals surface area contributed by atoms with Crippen molar-refractivity contribution in [3.63, 3.8) is 0 Å². The number of benzene rings is 2. The van der Waals surface area contributed by atoms with Crippen LogP contribution in [0.2, 0.25) is 5.02 Å². The number of methoxy groups -OCH3 is 1. The second-order valence-electron chi connectivity index (χ2n) is 5.43. The molecule has 27 heavy (non-hydrogen) atoms. The second-order valence-corrected chi connectivity index (χ2v) is 8.10. The Bertz CT molecular complexity index is 1080. The lowest BCUT2D eigenvalue weighted by Crippen LogP contribution is -2.28. The molecule has 0 aliphatic carbocycles. The molecule has 0 aliphatic heterocycles. The zero-order chi connectivity index (χ0) is 19.4. The highest BCUT2D eigenvalue weighted by molar-refractivity contribution is 7.89. The van der Waals surface area contributed by atoms with Gasteiger partial charge in [0, 0.05) is 18.7 Å². The molecule has 2 aromatic carbocycles. The van der Waals surface area contributed by atoms with Crippen LogP contribution in [0.15, 0.2) is 41.3 Å². The minimum Gasteiger partial charge on any atom is -0.495 e. The maximum atomic E-state index is 12.5. The number of sulfonamides is 1. The molecule has 3 aromatic rings. The molecule has 0 atom stereocenters. The number of ether oxygens (including phenoxy) is 1. The zero-order valence-corrected chi connectivity index (χ0v) is 16.5. The number of halogens is 1. The van der Waals surface area contributed by atoms with E-state index in [-0.39, 0.29) is 23.8 Å². The minimum absolute atomic E-state index is 0.0381. The number of aromatic nitrogens is 2. The fraction of sp³-hybridized carbons (Fsp3) is 0.188. The number of carbonyl (C=O) groups excluding carboxylic acids is 1. The summed E-state index contributed by atoms with van der Waals surface area (Å²) in [6, 6.07) is 9.56. The summed E-state index contributed by atoms with van der Waals surface area (Å²) in [6.45, 7) is -0.0635. The van der Waals surface area contributed by atoms with Gasteiger partial charge in [0.15, 0.2) is 0 Å². The third kappa shape index (κ3) is 4.53. The normalized spacial score (nSPS) is 11.5. The SMILES string of the molecule is COc1ccc(NC(=O)CCNS(=O)(=O)c2cccc3nsnc23)cc1Cl. The van der Waals surface area contributed by atoms with E-state index in [0.29, 0.717) is 27.5 Å². The summed E-state index contributed by atoms with van der Waals surface area (Å²) in [5.74, 6) is 0.139. The topological polar surface area (TPSA) is 110 Å². The molecule has 0 unspecified atom stereocenters. The number of hydrogen-bond acceptors (Lipinski definition) is 7. The fourth-order valence-corrected chi connectivity index (χ4v) is 4.40. The van der Waals surface area contributed by atoms with Crippen LogP contribution in [0.3, 0.4) is 0 Å². The van der Waals surface area contributed by atoms with Crippen LogP contribution < -0.4 is 14.8 Å². The first-order chi connectivity index (χ1) is 12.9. The second kappa shape index (κ2) is 8.17. The number of fused-ring (bicyclic) bond motifs is 1. The first kappa shape index (κ1) is 19.5. The van der Waals surface area contributed by atoms with Crippen molar-refractivity contribution in [2.75, 3.05) is 19.0 Å². The minimum atomic E-state index is -3.80. The van der Waals surface area contributed by atoms with Crippen LogP contribution in [0.5, 0.6) is 5.75 Å². The Balaban J connectivity index is 1.59. The lowest BCUT2D eigenvalue weighted by molar-refractivity contribution is -0.116. The van der Waals surface area contributed by atoms with Gasteiger partial charge in [-0.1, -0.05) is 17.7 Å². The van der Waals surface area contributed by atoms with E-state index in [1.807, 2.05) is 0 Å². The van der Waals surface area contributed by atoms with Crippen molar-refractivity contribution in [3.8, 4) is 5.75 Å². The number of rotatable bonds is 7. The molecular formula is C16H15ClN4O4S2. The average molecular weight is 427 g/mol. The van der Waals surface area contributed by atoms with Gasteiger partial charge in [-0.25, -0.2) is 13.1 Å². The van der Waals surface area contributed by atoms with Crippen molar-refractivity contribution in [2.24, 2.45) is 0 Å². The molecule has 0 spiro atoms. The Hall–Kier alpha value is -2.27.